The number of aromatic amines is 1. The van der Waals surface area contributed by atoms with Crippen LogP contribution in [0.2, 0.25) is 22.2 Å². The molecule has 0 radical (unpaired) electrons. The van der Waals surface area contributed by atoms with E-state index in [0.717, 1.165) is 0 Å². The summed E-state index contributed by atoms with van der Waals surface area (Å²) in [6, 6.07) is 1.30. The van der Waals surface area contributed by atoms with Crippen molar-refractivity contribution >= 4 is 17.1 Å². The Bertz CT molecular complexity index is 938. The Morgan fingerprint density at radius 2 is 1.56 bits per heavy atom. The molecule has 3 heterocycles. The van der Waals surface area contributed by atoms with Crippen LogP contribution < -0.4 is 11.2 Å². The van der Waals surface area contributed by atoms with Crippen molar-refractivity contribution in [1.82, 2.24) is 9.55 Å². The molecule has 0 spiro atoms. The molecule has 0 saturated carbocycles. The molecule has 0 aromatic carbocycles. The lowest BCUT2D eigenvalue weighted by Crippen LogP contribution is -2.65. The molecule has 2 aliphatic rings. The molecule has 8 nitrogen and oxygen atoms in total. The Morgan fingerprint density at radius 1 is 1.00 bits per heavy atom. The maximum Gasteiger partial charge on any atom is 0.335 e. The summed E-state index contributed by atoms with van der Waals surface area (Å²) in [5.41, 5.74) is 0.457. The van der Waals surface area contributed by atoms with Crippen LogP contribution in [-0.4, -0.2) is 45.5 Å². The minimum Gasteiger partial charge on any atom is -0.414 e. The van der Waals surface area contributed by atoms with E-state index in [4.69, 9.17) is 17.7 Å². The average molecular weight is 483 g/mol. The maximum atomic E-state index is 12.4. The third-order valence-electron chi connectivity index (χ3n) is 6.75. The van der Waals surface area contributed by atoms with Gasteiger partial charge in [-0.2, -0.15) is 0 Å². The highest BCUT2D eigenvalue weighted by Gasteiger charge is 2.60. The lowest BCUT2D eigenvalue weighted by molar-refractivity contribution is -0.0561. The van der Waals surface area contributed by atoms with Gasteiger partial charge in [-0.25, -0.2) is 4.79 Å². The van der Waals surface area contributed by atoms with Gasteiger partial charge < -0.3 is 17.7 Å². The van der Waals surface area contributed by atoms with E-state index < -0.39 is 46.8 Å². The van der Waals surface area contributed by atoms with Crippen LogP contribution in [0.3, 0.4) is 0 Å². The van der Waals surface area contributed by atoms with Crippen molar-refractivity contribution in [2.45, 2.75) is 96.0 Å². The molecule has 2 saturated heterocycles. The first kappa shape index (κ1) is 25.3. The van der Waals surface area contributed by atoms with Crippen molar-refractivity contribution in [3.8, 4) is 0 Å². The molecule has 10 heteroatoms. The van der Waals surface area contributed by atoms with Gasteiger partial charge in [-0.3, -0.25) is 14.3 Å². The number of hydrogen-bond donors (Lipinski definition) is 1. The molecule has 32 heavy (non-hydrogen) atoms. The first-order chi connectivity index (χ1) is 14.9. The number of fused-ring (bicyclic) bond motifs is 1. The summed E-state index contributed by atoms with van der Waals surface area (Å²) in [4.78, 5) is 26.3. The van der Waals surface area contributed by atoms with E-state index in [1.165, 1.54) is 16.8 Å². The lowest BCUT2D eigenvalue weighted by Gasteiger charge is -2.51. The van der Waals surface area contributed by atoms with Gasteiger partial charge >= 0.3 is 22.8 Å². The van der Waals surface area contributed by atoms with E-state index in [2.05, 4.69) is 67.0 Å². The summed E-state index contributed by atoms with van der Waals surface area (Å²) in [5.74, 6) is 0. The summed E-state index contributed by atoms with van der Waals surface area (Å²) in [7, 11) is -5.48. The van der Waals surface area contributed by atoms with E-state index in [9.17, 15) is 9.59 Å². The molecule has 1 aromatic heterocycles. The van der Waals surface area contributed by atoms with Crippen molar-refractivity contribution in [3.05, 3.63) is 45.3 Å². The normalized spacial score (nSPS) is 27.8. The highest BCUT2D eigenvalue weighted by atomic mass is 28.5. The number of H-pyrrole nitrogens is 1. The number of ether oxygens (including phenoxy) is 1. The predicted octanol–water partition coefficient (Wildman–Crippen LogP) is 3.95. The monoisotopic (exact) mass is 482 g/mol. The molecule has 180 valence electrons. The van der Waals surface area contributed by atoms with Gasteiger partial charge in [-0.15, -0.1) is 0 Å². The van der Waals surface area contributed by atoms with Crippen LogP contribution in [0.15, 0.2) is 34.0 Å². The van der Waals surface area contributed by atoms with Gasteiger partial charge in [0, 0.05) is 17.8 Å². The molecule has 1 N–H and O–H groups in total. The van der Waals surface area contributed by atoms with Crippen LogP contribution >= 0.6 is 0 Å². The third-order valence-corrected chi connectivity index (χ3v) is 17.0. The fourth-order valence-corrected chi connectivity index (χ4v) is 16.2. The van der Waals surface area contributed by atoms with Crippen molar-refractivity contribution in [1.29, 1.82) is 0 Å². The number of nitrogens with one attached hydrogen (secondary N) is 1. The van der Waals surface area contributed by atoms with E-state index in [-0.39, 0.29) is 22.2 Å². The summed E-state index contributed by atoms with van der Waals surface area (Å²) < 4.78 is 28.5. The number of aromatic nitrogens is 2. The molecule has 3 unspecified atom stereocenters. The molecule has 3 atom stereocenters. The van der Waals surface area contributed by atoms with Gasteiger partial charge in [0.05, 0.1) is 6.61 Å². The number of rotatable bonds is 5. The molecule has 3 rings (SSSR count). The van der Waals surface area contributed by atoms with Crippen molar-refractivity contribution in [2.75, 3.05) is 6.61 Å². The Labute approximate surface area is 192 Å². The summed E-state index contributed by atoms with van der Waals surface area (Å²) in [6.07, 6.45) is -0.175. The molecule has 0 aliphatic carbocycles. The summed E-state index contributed by atoms with van der Waals surface area (Å²) in [5, 5.41) is 0. The van der Waals surface area contributed by atoms with Crippen molar-refractivity contribution in [2.24, 2.45) is 0 Å². The van der Waals surface area contributed by atoms with Crippen LogP contribution in [0.25, 0.3) is 0 Å². The van der Waals surface area contributed by atoms with Gasteiger partial charge in [0.25, 0.3) is 5.56 Å². The molecule has 2 fully saturated rings. The largest absolute Gasteiger partial charge is 0.414 e. The Balaban J connectivity index is 2.09. The Hall–Kier alpha value is -1.31. The Kier molecular flexibility index (Phi) is 7.24. The van der Waals surface area contributed by atoms with E-state index in [0.29, 0.717) is 12.2 Å². The van der Waals surface area contributed by atoms with Crippen LogP contribution in [0, 0.1) is 0 Å². The predicted molar refractivity (Wildman–Crippen MR) is 128 cm³/mol. The molecule has 1 aromatic rings. The first-order valence-electron chi connectivity index (χ1n) is 11.5. The van der Waals surface area contributed by atoms with E-state index in [1.54, 1.807) is 0 Å². The van der Waals surface area contributed by atoms with E-state index in [1.807, 2.05) is 0 Å². The van der Waals surface area contributed by atoms with Gasteiger partial charge in [-0.05, 0) is 22.2 Å². The molecule has 0 bridgehead atoms. The zero-order valence-corrected chi connectivity index (χ0v) is 22.5. The van der Waals surface area contributed by atoms with Gasteiger partial charge in [0.1, 0.15) is 12.2 Å². The fraction of sp³-hybridized carbons (Fsp3) is 0.727. The molecule has 0 amide bonds. The van der Waals surface area contributed by atoms with Gasteiger partial charge in [0.15, 0.2) is 6.23 Å². The summed E-state index contributed by atoms with van der Waals surface area (Å²) >= 11 is 0. The SMILES string of the molecule is C=C1C2O[Si](C(C)C)(C(C)C)O[Si](C(C)C)(C(C)C)OCC2OC1n1ccc(=O)[nH]c1=O. The lowest BCUT2D eigenvalue weighted by atomic mass is 10.1. The number of hydrogen-bond acceptors (Lipinski definition) is 6. The topological polar surface area (TPSA) is 91.8 Å². The molecule has 2 aliphatic heterocycles. The second-order valence-electron chi connectivity index (χ2n) is 10.1. The highest BCUT2D eigenvalue weighted by Crippen LogP contribution is 2.48. The zero-order valence-electron chi connectivity index (χ0n) is 20.5. The standard InChI is InChI=1S/C22H38N2O6Si2/c1-13(2)31(14(3)4)27-12-18-20(29-32(30-31,15(5)6)16(7)8)17(9)21(28-18)24-11-10-19(25)23-22(24)26/h10-11,13-16,18,20-21H,9,12H2,1-8H3,(H,23,25,26). The molecular formula is C22H38N2O6Si2. The Morgan fingerprint density at radius 3 is 2.06 bits per heavy atom. The first-order valence-corrected chi connectivity index (χ1v) is 15.5. The van der Waals surface area contributed by atoms with Gasteiger partial charge in [-0.1, -0.05) is 62.0 Å². The second kappa shape index (κ2) is 9.15. The average Bonchev–Trinajstić information content (AvgIpc) is 2.96. The van der Waals surface area contributed by atoms with E-state index >= 15 is 0 Å². The third kappa shape index (κ3) is 4.16. The van der Waals surface area contributed by atoms with Crippen LogP contribution in [-0.2, 0) is 17.7 Å². The smallest absolute Gasteiger partial charge is 0.335 e. The fourth-order valence-electron chi connectivity index (χ4n) is 4.96. The van der Waals surface area contributed by atoms with Gasteiger partial charge in [0.2, 0.25) is 0 Å². The number of nitrogens with zero attached hydrogens (tertiary/aromatic N) is 1. The summed E-state index contributed by atoms with van der Waals surface area (Å²) in [6.45, 7) is 21.9. The second-order valence-corrected chi connectivity index (χ2v) is 19.0. The molecular weight excluding hydrogens is 444 g/mol. The van der Waals surface area contributed by atoms with Crippen molar-refractivity contribution < 1.29 is 17.7 Å². The van der Waals surface area contributed by atoms with Crippen molar-refractivity contribution in [3.63, 3.8) is 0 Å². The van der Waals surface area contributed by atoms with Crippen LogP contribution in [0.4, 0.5) is 0 Å². The minimum atomic E-state index is -2.81. The maximum absolute atomic E-state index is 12.4. The zero-order chi connectivity index (χ0) is 24.0. The minimum absolute atomic E-state index is 0.178. The quantitative estimate of drug-likeness (QED) is 0.505. The highest BCUT2D eigenvalue weighted by molar-refractivity contribution is 6.84. The van der Waals surface area contributed by atoms with Crippen LogP contribution in [0.1, 0.15) is 61.6 Å². The van der Waals surface area contributed by atoms with Crippen LogP contribution in [0.5, 0.6) is 0 Å².